The third-order valence-electron chi connectivity index (χ3n) is 3.75. The maximum absolute atomic E-state index is 12.4. The Labute approximate surface area is 120 Å². The minimum absolute atomic E-state index is 0.0372. The standard InChI is InChI=1S/C14H22N2O3S/c1-10-6-7-13(15)14(11(10)2)20(17,18)16-9-12-5-3-4-8-19-12/h6-7,12,16H,3-5,8-9,15H2,1-2H3. The molecule has 1 unspecified atom stereocenters. The second-order valence-electron chi connectivity index (χ2n) is 5.27. The van der Waals surface area contributed by atoms with Crippen LogP contribution in [0.25, 0.3) is 0 Å². The lowest BCUT2D eigenvalue weighted by Crippen LogP contribution is -2.36. The fraction of sp³-hybridized carbons (Fsp3) is 0.571. The van der Waals surface area contributed by atoms with Gasteiger partial charge in [-0.2, -0.15) is 0 Å². The third-order valence-corrected chi connectivity index (χ3v) is 5.38. The lowest BCUT2D eigenvalue weighted by Gasteiger charge is -2.23. The zero-order chi connectivity index (χ0) is 14.8. The summed E-state index contributed by atoms with van der Waals surface area (Å²) in [7, 11) is -3.60. The number of nitrogens with one attached hydrogen (secondary N) is 1. The second kappa shape index (κ2) is 6.11. The van der Waals surface area contributed by atoms with Gasteiger partial charge in [0.1, 0.15) is 4.90 Å². The average molecular weight is 298 g/mol. The van der Waals surface area contributed by atoms with Crippen molar-refractivity contribution in [3.63, 3.8) is 0 Å². The van der Waals surface area contributed by atoms with Gasteiger partial charge in [-0.1, -0.05) is 6.07 Å². The summed E-state index contributed by atoms with van der Waals surface area (Å²) in [5.74, 6) is 0. The molecule has 0 aromatic heterocycles. The van der Waals surface area contributed by atoms with Crippen molar-refractivity contribution in [2.45, 2.75) is 44.1 Å². The Morgan fingerprint density at radius 3 is 2.75 bits per heavy atom. The number of hydrogen-bond donors (Lipinski definition) is 2. The van der Waals surface area contributed by atoms with Crippen LogP contribution in [0.4, 0.5) is 5.69 Å². The van der Waals surface area contributed by atoms with Crippen LogP contribution in [0, 0.1) is 13.8 Å². The predicted octanol–water partition coefficient (Wildman–Crippen LogP) is 1.73. The minimum Gasteiger partial charge on any atom is -0.398 e. The van der Waals surface area contributed by atoms with Gasteiger partial charge in [0, 0.05) is 13.2 Å². The highest BCUT2D eigenvalue weighted by molar-refractivity contribution is 7.89. The lowest BCUT2D eigenvalue weighted by molar-refractivity contribution is 0.0200. The van der Waals surface area contributed by atoms with Crippen LogP contribution in [-0.2, 0) is 14.8 Å². The Kier molecular flexibility index (Phi) is 4.67. The van der Waals surface area contributed by atoms with Gasteiger partial charge in [-0.15, -0.1) is 0 Å². The topological polar surface area (TPSA) is 81.4 Å². The molecule has 1 fully saturated rings. The van der Waals surface area contributed by atoms with Crippen molar-refractivity contribution in [3.05, 3.63) is 23.3 Å². The zero-order valence-electron chi connectivity index (χ0n) is 12.0. The molecule has 1 aromatic rings. The monoisotopic (exact) mass is 298 g/mol. The molecule has 0 radical (unpaired) electrons. The zero-order valence-corrected chi connectivity index (χ0v) is 12.8. The van der Waals surface area contributed by atoms with Crippen LogP contribution in [0.2, 0.25) is 0 Å². The molecule has 0 amide bonds. The average Bonchev–Trinajstić information content (AvgIpc) is 2.42. The summed E-state index contributed by atoms with van der Waals surface area (Å²) in [6.07, 6.45) is 2.99. The Morgan fingerprint density at radius 2 is 2.10 bits per heavy atom. The normalized spacial score (nSPS) is 20.0. The summed E-state index contributed by atoms with van der Waals surface area (Å²) in [6, 6.07) is 3.46. The van der Waals surface area contributed by atoms with E-state index in [-0.39, 0.29) is 16.7 Å². The molecular weight excluding hydrogens is 276 g/mol. The number of benzene rings is 1. The molecule has 0 bridgehead atoms. The molecule has 1 aliphatic rings. The van der Waals surface area contributed by atoms with E-state index in [0.29, 0.717) is 18.7 Å². The van der Waals surface area contributed by atoms with E-state index < -0.39 is 10.0 Å². The molecule has 0 spiro atoms. The minimum atomic E-state index is -3.60. The number of nitrogen functional groups attached to an aromatic ring is 1. The van der Waals surface area contributed by atoms with Crippen molar-refractivity contribution in [1.82, 2.24) is 4.72 Å². The molecule has 2 rings (SSSR count). The van der Waals surface area contributed by atoms with Crippen LogP contribution in [0.1, 0.15) is 30.4 Å². The van der Waals surface area contributed by atoms with Gasteiger partial charge >= 0.3 is 0 Å². The van der Waals surface area contributed by atoms with E-state index in [0.717, 1.165) is 24.8 Å². The SMILES string of the molecule is Cc1ccc(N)c(S(=O)(=O)NCC2CCCCO2)c1C. The molecule has 1 heterocycles. The third kappa shape index (κ3) is 3.31. The second-order valence-corrected chi connectivity index (χ2v) is 6.97. The van der Waals surface area contributed by atoms with Gasteiger partial charge in [0.25, 0.3) is 0 Å². The number of anilines is 1. The van der Waals surface area contributed by atoms with Crippen LogP contribution >= 0.6 is 0 Å². The van der Waals surface area contributed by atoms with E-state index in [1.807, 2.05) is 13.0 Å². The molecule has 6 heteroatoms. The van der Waals surface area contributed by atoms with E-state index in [1.54, 1.807) is 13.0 Å². The van der Waals surface area contributed by atoms with Crippen molar-refractivity contribution in [3.8, 4) is 0 Å². The molecule has 1 aromatic carbocycles. The first-order chi connectivity index (χ1) is 9.42. The Hall–Kier alpha value is -1.11. The van der Waals surface area contributed by atoms with Crippen LogP contribution in [0.15, 0.2) is 17.0 Å². The van der Waals surface area contributed by atoms with Gasteiger partial charge in [0.05, 0.1) is 11.8 Å². The first-order valence-corrected chi connectivity index (χ1v) is 8.37. The van der Waals surface area contributed by atoms with Crippen LogP contribution in [-0.4, -0.2) is 27.7 Å². The van der Waals surface area contributed by atoms with Crippen molar-refractivity contribution < 1.29 is 13.2 Å². The summed E-state index contributed by atoms with van der Waals surface area (Å²) in [5.41, 5.74) is 7.72. The fourth-order valence-electron chi connectivity index (χ4n) is 2.41. The number of ether oxygens (including phenoxy) is 1. The van der Waals surface area contributed by atoms with Gasteiger partial charge in [0.2, 0.25) is 10.0 Å². The van der Waals surface area contributed by atoms with Gasteiger partial charge in [-0.25, -0.2) is 13.1 Å². The highest BCUT2D eigenvalue weighted by Crippen LogP contribution is 2.25. The maximum Gasteiger partial charge on any atom is 0.242 e. The molecule has 5 nitrogen and oxygen atoms in total. The summed E-state index contributed by atoms with van der Waals surface area (Å²) in [6.45, 7) is 4.66. The number of rotatable bonds is 4. The lowest BCUT2D eigenvalue weighted by atomic mass is 10.1. The highest BCUT2D eigenvalue weighted by Gasteiger charge is 2.23. The molecule has 1 aliphatic heterocycles. The Morgan fingerprint density at radius 1 is 1.35 bits per heavy atom. The summed E-state index contributed by atoms with van der Waals surface area (Å²) < 4.78 is 33.0. The first-order valence-electron chi connectivity index (χ1n) is 6.89. The van der Waals surface area contributed by atoms with Crippen molar-refractivity contribution in [2.75, 3.05) is 18.9 Å². The molecule has 3 N–H and O–H groups in total. The van der Waals surface area contributed by atoms with Gasteiger partial charge in [-0.05, 0) is 50.3 Å². The predicted molar refractivity (Wildman–Crippen MR) is 79.1 cm³/mol. The summed E-state index contributed by atoms with van der Waals surface area (Å²) >= 11 is 0. The largest absolute Gasteiger partial charge is 0.398 e. The molecule has 112 valence electrons. The molecule has 0 saturated carbocycles. The highest BCUT2D eigenvalue weighted by atomic mass is 32.2. The Balaban J connectivity index is 2.16. The van der Waals surface area contributed by atoms with E-state index in [9.17, 15) is 8.42 Å². The number of aryl methyl sites for hydroxylation is 1. The van der Waals surface area contributed by atoms with Crippen molar-refractivity contribution >= 4 is 15.7 Å². The first kappa shape index (κ1) is 15.3. The summed E-state index contributed by atoms with van der Waals surface area (Å²) in [5, 5.41) is 0. The molecule has 1 saturated heterocycles. The number of sulfonamides is 1. The van der Waals surface area contributed by atoms with Crippen LogP contribution < -0.4 is 10.5 Å². The van der Waals surface area contributed by atoms with E-state index in [2.05, 4.69) is 4.72 Å². The molecular formula is C14H22N2O3S. The van der Waals surface area contributed by atoms with Gasteiger partial charge in [0.15, 0.2) is 0 Å². The van der Waals surface area contributed by atoms with Crippen LogP contribution in [0.5, 0.6) is 0 Å². The molecule has 1 atom stereocenters. The van der Waals surface area contributed by atoms with E-state index in [4.69, 9.17) is 10.5 Å². The molecule has 20 heavy (non-hydrogen) atoms. The van der Waals surface area contributed by atoms with Crippen molar-refractivity contribution in [2.24, 2.45) is 0 Å². The number of nitrogens with two attached hydrogens (primary N) is 1. The van der Waals surface area contributed by atoms with Crippen molar-refractivity contribution in [1.29, 1.82) is 0 Å². The summed E-state index contributed by atoms with van der Waals surface area (Å²) in [4.78, 5) is 0.188. The maximum atomic E-state index is 12.4. The van der Waals surface area contributed by atoms with Gasteiger partial charge in [-0.3, -0.25) is 0 Å². The quantitative estimate of drug-likeness (QED) is 0.830. The van der Waals surface area contributed by atoms with E-state index in [1.165, 1.54) is 0 Å². The fourth-order valence-corrected chi connectivity index (χ4v) is 3.90. The smallest absolute Gasteiger partial charge is 0.242 e. The molecule has 0 aliphatic carbocycles. The van der Waals surface area contributed by atoms with Crippen LogP contribution in [0.3, 0.4) is 0 Å². The number of hydrogen-bond acceptors (Lipinski definition) is 4. The Bertz CT molecular complexity index is 578. The van der Waals surface area contributed by atoms with E-state index >= 15 is 0 Å². The van der Waals surface area contributed by atoms with Gasteiger partial charge < -0.3 is 10.5 Å².